The number of amides is 3. The first kappa shape index (κ1) is 21.9. The molecule has 2 atom stereocenters. The van der Waals surface area contributed by atoms with Gasteiger partial charge >= 0.3 is 12.1 Å². The predicted molar refractivity (Wildman–Crippen MR) is 107 cm³/mol. The average molecular weight is 436 g/mol. The molecule has 5 nitrogen and oxygen atoms in total. The largest absolute Gasteiger partial charge is 0.471 e. The molecule has 2 N–H and O–H groups in total. The summed E-state index contributed by atoms with van der Waals surface area (Å²) in [6.45, 7) is 1.82. The van der Waals surface area contributed by atoms with Crippen molar-refractivity contribution < 1.29 is 27.6 Å². The molecule has 0 saturated carbocycles. The predicted octanol–water partition coefficient (Wildman–Crippen LogP) is 4.04. The first-order valence-corrected chi connectivity index (χ1v) is 10.1. The number of alkyl halides is 3. The average Bonchev–Trinajstić information content (AvgIpc) is 2.71. The van der Waals surface area contributed by atoms with E-state index in [0.29, 0.717) is 12.0 Å². The number of rotatable bonds is 5. The second-order valence-corrected chi connectivity index (χ2v) is 8.18. The van der Waals surface area contributed by atoms with E-state index in [1.807, 2.05) is 37.3 Å². The first-order valence-electron chi connectivity index (χ1n) is 9.21. The van der Waals surface area contributed by atoms with Gasteiger partial charge in [-0.3, -0.25) is 19.7 Å². The molecule has 2 aromatic rings. The van der Waals surface area contributed by atoms with E-state index in [-0.39, 0.29) is 18.0 Å². The molecule has 1 saturated heterocycles. The molecule has 30 heavy (non-hydrogen) atoms. The monoisotopic (exact) mass is 436 g/mol. The van der Waals surface area contributed by atoms with Crippen LogP contribution in [0.2, 0.25) is 0 Å². The summed E-state index contributed by atoms with van der Waals surface area (Å²) in [7, 11) is 0. The van der Waals surface area contributed by atoms with Crippen LogP contribution < -0.4 is 10.6 Å². The van der Waals surface area contributed by atoms with E-state index < -0.39 is 28.7 Å². The molecule has 2 unspecified atom stereocenters. The highest BCUT2D eigenvalue weighted by Gasteiger charge is 2.47. The van der Waals surface area contributed by atoms with Crippen molar-refractivity contribution in [3.05, 3.63) is 60.2 Å². The Kier molecular flexibility index (Phi) is 6.21. The number of anilines is 1. The number of benzene rings is 2. The van der Waals surface area contributed by atoms with Crippen LogP contribution in [0.25, 0.3) is 0 Å². The van der Waals surface area contributed by atoms with Crippen molar-refractivity contribution in [2.45, 2.75) is 41.5 Å². The summed E-state index contributed by atoms with van der Waals surface area (Å²) in [5.41, 5.74) is -0.471. The Hall–Kier alpha value is -2.81. The second kappa shape index (κ2) is 8.51. The summed E-state index contributed by atoms with van der Waals surface area (Å²) in [4.78, 5) is 37.2. The van der Waals surface area contributed by atoms with E-state index in [1.54, 1.807) is 5.32 Å². The lowest BCUT2D eigenvalue weighted by Crippen LogP contribution is -2.56. The lowest BCUT2D eigenvalue weighted by Gasteiger charge is -2.38. The molecule has 0 aromatic heterocycles. The Morgan fingerprint density at radius 3 is 2.33 bits per heavy atom. The molecule has 0 radical (unpaired) electrons. The lowest BCUT2D eigenvalue weighted by molar-refractivity contribution is -0.167. The van der Waals surface area contributed by atoms with Gasteiger partial charge in [0, 0.05) is 10.6 Å². The molecule has 1 heterocycles. The molecule has 1 fully saturated rings. The van der Waals surface area contributed by atoms with Crippen LogP contribution in [0.5, 0.6) is 0 Å². The third-order valence-corrected chi connectivity index (χ3v) is 6.29. The molecule has 3 rings (SSSR count). The maximum atomic E-state index is 12.8. The van der Waals surface area contributed by atoms with Gasteiger partial charge in [-0.15, -0.1) is 11.8 Å². The fourth-order valence-corrected chi connectivity index (χ4v) is 4.58. The van der Waals surface area contributed by atoms with Crippen LogP contribution in [-0.2, 0) is 19.8 Å². The van der Waals surface area contributed by atoms with Gasteiger partial charge in [-0.25, -0.2) is 0 Å². The normalized spacial score (nSPS) is 21.8. The molecule has 0 aliphatic carbocycles. The Bertz CT molecular complexity index is 948. The summed E-state index contributed by atoms with van der Waals surface area (Å²) in [5, 5.41) is 3.71. The minimum absolute atomic E-state index is 0.0326. The minimum Gasteiger partial charge on any atom is -0.318 e. The van der Waals surface area contributed by atoms with Crippen molar-refractivity contribution >= 4 is 35.2 Å². The van der Waals surface area contributed by atoms with E-state index in [1.165, 1.54) is 36.0 Å². The van der Waals surface area contributed by atoms with Gasteiger partial charge in [0.05, 0.1) is 10.7 Å². The smallest absolute Gasteiger partial charge is 0.318 e. The van der Waals surface area contributed by atoms with Crippen LogP contribution in [0, 0.1) is 0 Å². The van der Waals surface area contributed by atoms with E-state index in [2.05, 4.69) is 5.32 Å². The highest BCUT2D eigenvalue weighted by atomic mass is 32.2. The minimum atomic E-state index is -4.99. The molecule has 158 valence electrons. The van der Waals surface area contributed by atoms with Gasteiger partial charge in [-0.05, 0) is 42.7 Å². The number of imide groups is 1. The summed E-state index contributed by atoms with van der Waals surface area (Å²) in [5.74, 6) is -2.88. The molecule has 0 bridgehead atoms. The number of hydrogen-bond donors (Lipinski definition) is 2. The van der Waals surface area contributed by atoms with Crippen molar-refractivity contribution in [3.8, 4) is 0 Å². The summed E-state index contributed by atoms with van der Waals surface area (Å²) in [6.07, 6.45) is -4.34. The number of hydrogen-bond acceptors (Lipinski definition) is 4. The fourth-order valence-electron chi connectivity index (χ4n) is 3.40. The second-order valence-electron chi connectivity index (χ2n) is 6.91. The Labute approximate surface area is 175 Å². The van der Waals surface area contributed by atoms with Gasteiger partial charge in [-0.1, -0.05) is 37.3 Å². The van der Waals surface area contributed by atoms with Crippen molar-refractivity contribution in [1.82, 2.24) is 5.32 Å². The van der Waals surface area contributed by atoms with Crippen molar-refractivity contribution in [3.63, 3.8) is 0 Å². The molecular formula is C21H19F3N2O3S. The van der Waals surface area contributed by atoms with E-state index in [4.69, 9.17) is 0 Å². The number of halogens is 3. The van der Waals surface area contributed by atoms with Gasteiger partial charge in [-0.2, -0.15) is 13.2 Å². The Morgan fingerprint density at radius 1 is 1.13 bits per heavy atom. The van der Waals surface area contributed by atoms with Crippen molar-refractivity contribution in [2.75, 3.05) is 5.32 Å². The number of thioether (sulfide) groups is 1. The number of carbonyl (C=O) groups is 3. The standard InChI is InChI=1S/C21H19F3N2O3S/c1-2-20(13-8-10-14(11-9-13)25-19(29)21(22,23)24)12-16(17(27)26-18(20)28)30-15-6-4-3-5-7-15/h3-11,16H,2,12H2,1H3,(H,25,29)(H,26,27,28). The third kappa shape index (κ3) is 4.51. The SMILES string of the molecule is CCC1(c2ccc(NC(=O)C(F)(F)F)cc2)CC(Sc2ccccc2)C(=O)NC1=O. The molecule has 9 heteroatoms. The van der Waals surface area contributed by atoms with E-state index in [0.717, 1.165) is 4.90 Å². The molecule has 3 amide bonds. The van der Waals surface area contributed by atoms with E-state index in [9.17, 15) is 27.6 Å². The van der Waals surface area contributed by atoms with Crippen molar-refractivity contribution in [2.24, 2.45) is 0 Å². The zero-order valence-electron chi connectivity index (χ0n) is 16.0. The fraction of sp³-hybridized carbons (Fsp3) is 0.286. The molecule has 2 aromatic carbocycles. The molecular weight excluding hydrogens is 417 g/mol. The quantitative estimate of drug-likeness (QED) is 0.694. The maximum absolute atomic E-state index is 12.8. The summed E-state index contributed by atoms with van der Waals surface area (Å²) >= 11 is 1.36. The zero-order valence-corrected chi connectivity index (χ0v) is 16.8. The summed E-state index contributed by atoms with van der Waals surface area (Å²) < 4.78 is 37.3. The molecule has 1 aliphatic rings. The van der Waals surface area contributed by atoms with Crippen LogP contribution in [0.15, 0.2) is 59.5 Å². The maximum Gasteiger partial charge on any atom is 0.471 e. The van der Waals surface area contributed by atoms with Gasteiger partial charge in [0.25, 0.3) is 0 Å². The zero-order chi connectivity index (χ0) is 21.9. The van der Waals surface area contributed by atoms with Gasteiger partial charge in [0.15, 0.2) is 0 Å². The molecule has 0 spiro atoms. The number of piperidine rings is 1. The number of nitrogens with one attached hydrogen (secondary N) is 2. The van der Waals surface area contributed by atoms with E-state index >= 15 is 0 Å². The third-order valence-electron chi connectivity index (χ3n) is 5.08. The highest BCUT2D eigenvalue weighted by molar-refractivity contribution is 8.00. The lowest BCUT2D eigenvalue weighted by atomic mass is 9.71. The highest BCUT2D eigenvalue weighted by Crippen LogP contribution is 2.41. The number of carbonyl (C=O) groups excluding carboxylic acids is 3. The van der Waals surface area contributed by atoms with Crippen LogP contribution in [-0.4, -0.2) is 29.1 Å². The molecule has 1 aliphatic heterocycles. The first-order chi connectivity index (χ1) is 14.2. The summed E-state index contributed by atoms with van der Waals surface area (Å²) in [6, 6.07) is 15.0. The topological polar surface area (TPSA) is 75.3 Å². The Morgan fingerprint density at radius 2 is 1.77 bits per heavy atom. The van der Waals surface area contributed by atoms with Gasteiger partial charge in [0.2, 0.25) is 11.8 Å². The van der Waals surface area contributed by atoms with Crippen LogP contribution in [0.4, 0.5) is 18.9 Å². The van der Waals surface area contributed by atoms with Crippen molar-refractivity contribution in [1.29, 1.82) is 0 Å². The van der Waals surface area contributed by atoms with Crippen LogP contribution in [0.3, 0.4) is 0 Å². The van der Waals surface area contributed by atoms with Gasteiger partial charge < -0.3 is 5.32 Å². The van der Waals surface area contributed by atoms with Gasteiger partial charge in [0.1, 0.15) is 0 Å². The van der Waals surface area contributed by atoms with Crippen LogP contribution >= 0.6 is 11.8 Å². The van der Waals surface area contributed by atoms with Crippen LogP contribution in [0.1, 0.15) is 25.3 Å². The Balaban J connectivity index is 1.84.